The summed E-state index contributed by atoms with van der Waals surface area (Å²) in [5.74, 6) is 1.11. The van der Waals surface area contributed by atoms with Crippen molar-refractivity contribution >= 4 is 123 Å². The van der Waals surface area contributed by atoms with Gasteiger partial charge in [0, 0.05) is 58.7 Å². The van der Waals surface area contributed by atoms with Crippen LogP contribution in [0.4, 0.5) is 4.79 Å². The summed E-state index contributed by atoms with van der Waals surface area (Å²) in [6.07, 6.45) is 8.88. The molecule has 2 aromatic rings. The van der Waals surface area contributed by atoms with Gasteiger partial charge in [-0.1, -0.05) is 102 Å². The standard InChI is InChI=1S/C31H38Br2ClN3O3.C3H5I3/c1-31(2,3)40-30(39)37-10-6-19(7-11-37)14-26(38)36-12-8-20(9-13-36)28-27-21(16-24(34)17-25(27)33)4-5-22-15-23(32)18-35-29(22)28;1-2-3(4,5)6/h15-20,28H,4-14H2,1-3H3;2H2,1H3. The van der Waals surface area contributed by atoms with Crippen LogP contribution < -0.4 is 0 Å². The number of hydrogen-bond acceptors (Lipinski definition) is 4. The molecule has 46 heavy (non-hydrogen) atoms. The van der Waals surface area contributed by atoms with Crippen LogP contribution in [0.15, 0.2) is 33.3 Å². The molecule has 2 aliphatic heterocycles. The minimum atomic E-state index is -0.493. The number of pyridine rings is 1. The summed E-state index contributed by atoms with van der Waals surface area (Å²) < 4.78 is 8.02. The first-order chi connectivity index (χ1) is 21.5. The smallest absolute Gasteiger partial charge is 0.410 e. The number of benzene rings is 1. The number of aryl methyl sites for hydroxylation is 2. The molecule has 1 aromatic heterocycles. The zero-order chi connectivity index (χ0) is 33.8. The molecule has 6 nitrogen and oxygen atoms in total. The second kappa shape index (κ2) is 17.2. The van der Waals surface area contributed by atoms with E-state index in [9.17, 15) is 9.59 Å². The van der Waals surface area contributed by atoms with Crippen molar-refractivity contribution < 1.29 is 14.3 Å². The fourth-order valence-corrected chi connectivity index (χ4v) is 8.03. The number of hydrogen-bond donors (Lipinski definition) is 0. The molecule has 0 bridgehead atoms. The fraction of sp³-hybridized carbons (Fsp3) is 0.618. The lowest BCUT2D eigenvalue weighted by molar-refractivity contribution is -0.134. The molecule has 5 rings (SSSR count). The number of likely N-dealkylation sites (tertiary alicyclic amines) is 2. The minimum absolute atomic E-state index is 0.168. The van der Waals surface area contributed by atoms with Gasteiger partial charge in [0.2, 0.25) is 5.91 Å². The third kappa shape index (κ3) is 11.3. The number of carbonyl (C=O) groups excluding carboxylic acids is 2. The molecule has 0 radical (unpaired) electrons. The Bertz CT molecular complexity index is 1390. The van der Waals surface area contributed by atoms with E-state index in [0.29, 0.717) is 30.8 Å². The van der Waals surface area contributed by atoms with Gasteiger partial charge in [0.1, 0.15) is 5.04 Å². The highest BCUT2D eigenvalue weighted by Gasteiger charge is 2.37. The van der Waals surface area contributed by atoms with E-state index in [2.05, 4.69) is 124 Å². The number of nitrogens with zero attached hydrogens (tertiary/aromatic N) is 3. The Labute approximate surface area is 337 Å². The molecule has 1 atom stereocenters. The van der Waals surface area contributed by atoms with Crippen LogP contribution in [-0.2, 0) is 22.4 Å². The highest BCUT2D eigenvalue weighted by molar-refractivity contribution is 14.3. The molecule has 1 aromatic carbocycles. The van der Waals surface area contributed by atoms with Crippen molar-refractivity contribution in [2.45, 2.75) is 90.0 Å². The third-order valence-electron chi connectivity index (χ3n) is 8.91. The molecule has 2 amide bonds. The van der Waals surface area contributed by atoms with Gasteiger partial charge in [-0.3, -0.25) is 9.78 Å². The normalized spacial score (nSPS) is 19.4. The fourth-order valence-electron chi connectivity index (χ4n) is 6.53. The van der Waals surface area contributed by atoms with Gasteiger partial charge in [-0.05, 0) is 128 Å². The number of alkyl halides is 3. The van der Waals surface area contributed by atoms with Crippen LogP contribution in [0.1, 0.15) is 94.5 Å². The Hall–Kier alpha value is 0.550. The Balaban J connectivity index is 0.000000731. The molecule has 2 saturated heterocycles. The summed E-state index contributed by atoms with van der Waals surface area (Å²) in [6.45, 7) is 10.7. The molecule has 2 fully saturated rings. The number of aromatic nitrogens is 1. The van der Waals surface area contributed by atoms with Gasteiger partial charge in [0.15, 0.2) is 0 Å². The highest BCUT2D eigenvalue weighted by atomic mass is 127. The number of piperidine rings is 2. The van der Waals surface area contributed by atoms with Crippen LogP contribution in [0, 0.1) is 11.8 Å². The van der Waals surface area contributed by atoms with Gasteiger partial charge in [-0.25, -0.2) is 4.79 Å². The van der Waals surface area contributed by atoms with Gasteiger partial charge in [0.05, 0.1) is 5.69 Å². The average Bonchev–Trinajstić information content (AvgIpc) is 3.13. The number of ether oxygens (including phenoxy) is 1. The van der Waals surface area contributed by atoms with Crippen LogP contribution in [0.3, 0.4) is 0 Å². The molecule has 0 saturated carbocycles. The first-order valence-corrected chi connectivity index (χ1v) is 21.2. The largest absolute Gasteiger partial charge is 0.444 e. The number of carbonyl (C=O) groups is 2. The molecule has 3 aliphatic rings. The van der Waals surface area contributed by atoms with Gasteiger partial charge >= 0.3 is 6.09 Å². The van der Waals surface area contributed by atoms with Crippen molar-refractivity contribution in [1.29, 1.82) is 0 Å². The Morgan fingerprint density at radius 2 is 1.54 bits per heavy atom. The zero-order valence-corrected chi connectivity index (χ0v) is 37.3. The van der Waals surface area contributed by atoms with E-state index >= 15 is 0 Å². The summed E-state index contributed by atoms with van der Waals surface area (Å²) in [7, 11) is 0. The van der Waals surface area contributed by atoms with E-state index in [-0.39, 0.29) is 17.9 Å². The summed E-state index contributed by atoms with van der Waals surface area (Å²) >= 11 is 21.2. The maximum absolute atomic E-state index is 13.3. The highest BCUT2D eigenvalue weighted by Crippen LogP contribution is 2.46. The lowest BCUT2D eigenvalue weighted by Crippen LogP contribution is -2.44. The SMILES string of the molecule is CC(C)(C)OC(=O)N1CCC(CC(=O)N2CCC(C3c4ncc(Br)cc4CCc4cc(Cl)cc(Br)c43)CC2)CC1.CCC(I)(I)I. The van der Waals surface area contributed by atoms with E-state index in [1.54, 1.807) is 4.90 Å². The first-order valence-electron chi connectivity index (χ1n) is 16.0. The maximum atomic E-state index is 13.3. The Morgan fingerprint density at radius 3 is 2.13 bits per heavy atom. The average molecular weight is 1120 g/mol. The Morgan fingerprint density at radius 1 is 0.957 bits per heavy atom. The monoisotopic (exact) mass is 1110 g/mol. The predicted molar refractivity (Wildman–Crippen MR) is 220 cm³/mol. The Kier molecular flexibility index (Phi) is 14.7. The van der Waals surface area contributed by atoms with E-state index in [1.165, 1.54) is 23.1 Å². The van der Waals surface area contributed by atoms with Crippen molar-refractivity contribution in [2.75, 3.05) is 26.2 Å². The van der Waals surface area contributed by atoms with Crippen molar-refractivity contribution in [3.8, 4) is 0 Å². The molecule has 254 valence electrons. The lowest BCUT2D eigenvalue weighted by Gasteiger charge is -2.38. The van der Waals surface area contributed by atoms with Crippen LogP contribution in [-0.4, -0.2) is 58.0 Å². The van der Waals surface area contributed by atoms with Crippen LogP contribution in [0.2, 0.25) is 5.02 Å². The van der Waals surface area contributed by atoms with E-state index in [1.807, 2.05) is 33.0 Å². The van der Waals surface area contributed by atoms with Crippen molar-refractivity contribution in [1.82, 2.24) is 14.8 Å². The quantitative estimate of drug-likeness (QED) is 0.226. The molecular formula is C34H43Br2ClI3N3O3. The maximum Gasteiger partial charge on any atom is 0.410 e. The van der Waals surface area contributed by atoms with Gasteiger partial charge < -0.3 is 14.5 Å². The van der Waals surface area contributed by atoms with E-state index in [0.717, 1.165) is 71.3 Å². The predicted octanol–water partition coefficient (Wildman–Crippen LogP) is 11.1. The number of amides is 2. The number of rotatable bonds is 4. The zero-order valence-electron chi connectivity index (χ0n) is 26.9. The summed E-state index contributed by atoms with van der Waals surface area (Å²) in [6, 6.07) is 6.33. The molecule has 0 N–H and O–H groups in total. The van der Waals surface area contributed by atoms with Crippen molar-refractivity contribution in [3.05, 3.63) is 60.7 Å². The van der Waals surface area contributed by atoms with Gasteiger partial charge in [-0.2, -0.15) is 0 Å². The van der Waals surface area contributed by atoms with Gasteiger partial charge in [0.25, 0.3) is 0 Å². The van der Waals surface area contributed by atoms with E-state index < -0.39 is 5.60 Å². The lowest BCUT2D eigenvalue weighted by atomic mass is 9.76. The molecule has 0 spiro atoms. The molecule has 3 heterocycles. The van der Waals surface area contributed by atoms with Gasteiger partial charge in [-0.15, -0.1) is 0 Å². The van der Waals surface area contributed by atoms with Crippen molar-refractivity contribution in [3.63, 3.8) is 0 Å². The molecule has 12 heteroatoms. The minimum Gasteiger partial charge on any atom is -0.444 e. The number of fused-ring (bicyclic) bond motifs is 2. The second-order valence-corrected chi connectivity index (χ2v) is 27.4. The molecular weight excluding hydrogens is 1070 g/mol. The third-order valence-corrected chi connectivity index (χ3v) is 12.5. The summed E-state index contributed by atoms with van der Waals surface area (Å²) in [4.78, 5) is 34.5. The number of halogens is 6. The summed E-state index contributed by atoms with van der Waals surface area (Å²) in [5, 5.41) is 0.752. The second-order valence-electron chi connectivity index (χ2n) is 13.4. The summed E-state index contributed by atoms with van der Waals surface area (Å²) in [5.41, 5.74) is 4.54. The molecule has 1 aliphatic carbocycles. The van der Waals surface area contributed by atoms with Crippen molar-refractivity contribution in [2.24, 2.45) is 11.8 Å². The topological polar surface area (TPSA) is 62.7 Å². The van der Waals surface area contributed by atoms with Crippen LogP contribution in [0.5, 0.6) is 0 Å². The van der Waals surface area contributed by atoms with Crippen LogP contribution >= 0.6 is 111 Å². The van der Waals surface area contributed by atoms with E-state index in [4.69, 9.17) is 21.3 Å². The van der Waals surface area contributed by atoms with Crippen LogP contribution in [0.25, 0.3) is 0 Å². The molecule has 1 unspecified atom stereocenters. The first kappa shape index (κ1) is 39.3.